The van der Waals surface area contributed by atoms with Crippen molar-refractivity contribution in [3.63, 3.8) is 0 Å². The Morgan fingerprint density at radius 1 is 1.32 bits per heavy atom. The van der Waals surface area contributed by atoms with Crippen molar-refractivity contribution in [2.24, 2.45) is 0 Å². The number of nitriles is 1. The summed E-state index contributed by atoms with van der Waals surface area (Å²) in [4.78, 5) is 30.5. The molecule has 1 atom stereocenters. The van der Waals surface area contributed by atoms with Crippen LogP contribution in [0.4, 0.5) is 0 Å². The normalized spacial score (nSPS) is 17.3. The lowest BCUT2D eigenvalue weighted by Crippen LogP contribution is -2.36. The fraction of sp³-hybridized carbons (Fsp3) is 0.217. The van der Waals surface area contributed by atoms with Crippen molar-refractivity contribution >= 4 is 39.1 Å². The number of nitrogens with zero attached hydrogens (tertiary/aromatic N) is 3. The van der Waals surface area contributed by atoms with E-state index in [0.29, 0.717) is 16.4 Å². The molecule has 0 bridgehead atoms. The van der Waals surface area contributed by atoms with Gasteiger partial charge in [-0.3, -0.25) is 14.0 Å². The first-order chi connectivity index (χ1) is 16.2. The number of aromatic nitrogens is 2. The summed E-state index contributed by atoms with van der Waals surface area (Å²) in [5, 5.41) is 12.7. The molecule has 11 heteroatoms. The van der Waals surface area contributed by atoms with Gasteiger partial charge in [0.15, 0.2) is 9.84 Å². The Morgan fingerprint density at radius 3 is 2.71 bits per heavy atom. The molecule has 3 aromatic rings. The highest BCUT2D eigenvalue weighted by molar-refractivity contribution is 7.91. The van der Waals surface area contributed by atoms with Crippen molar-refractivity contribution < 1.29 is 17.9 Å². The Kier molecular flexibility index (Phi) is 6.41. The van der Waals surface area contributed by atoms with E-state index >= 15 is 0 Å². The third-order valence-electron chi connectivity index (χ3n) is 5.30. The maximum Gasteiger partial charge on any atom is 0.269 e. The van der Waals surface area contributed by atoms with Crippen LogP contribution in [0.1, 0.15) is 17.5 Å². The molecule has 0 saturated carbocycles. The van der Waals surface area contributed by atoms with E-state index in [9.17, 15) is 23.3 Å². The zero-order valence-corrected chi connectivity index (χ0v) is 19.6. The van der Waals surface area contributed by atoms with Crippen LogP contribution in [0.5, 0.6) is 11.6 Å². The van der Waals surface area contributed by atoms with Gasteiger partial charge < -0.3 is 10.1 Å². The van der Waals surface area contributed by atoms with Crippen LogP contribution in [-0.4, -0.2) is 41.3 Å². The number of hydrogen-bond donors (Lipinski definition) is 1. The SMILES string of the molecule is Cc1cccn2c(=O)c(C=C(C#N)C(=O)NC3CCS(=O)(=O)C3)c(Oc3ccc(Cl)cc3)nc12. The zero-order valence-electron chi connectivity index (χ0n) is 18.0. The number of nitrogens with one attached hydrogen (secondary N) is 1. The van der Waals surface area contributed by atoms with Gasteiger partial charge in [0.2, 0.25) is 5.88 Å². The summed E-state index contributed by atoms with van der Waals surface area (Å²) in [6, 6.07) is 11.0. The molecule has 9 nitrogen and oxygen atoms in total. The van der Waals surface area contributed by atoms with Crippen molar-refractivity contribution in [3.05, 3.63) is 74.7 Å². The van der Waals surface area contributed by atoms with E-state index in [1.807, 2.05) is 0 Å². The van der Waals surface area contributed by atoms with Crippen molar-refractivity contribution in [3.8, 4) is 17.7 Å². The van der Waals surface area contributed by atoms with Crippen LogP contribution >= 0.6 is 11.6 Å². The number of benzene rings is 1. The number of carbonyl (C=O) groups excluding carboxylic acids is 1. The summed E-state index contributed by atoms with van der Waals surface area (Å²) in [5.74, 6) is -0.746. The van der Waals surface area contributed by atoms with Crippen LogP contribution in [0.3, 0.4) is 0 Å². The second-order valence-corrected chi connectivity index (χ2v) is 10.5. The van der Waals surface area contributed by atoms with Crippen molar-refractivity contribution in [1.82, 2.24) is 14.7 Å². The first-order valence-corrected chi connectivity index (χ1v) is 12.5. The number of carbonyl (C=O) groups is 1. The number of halogens is 1. The van der Waals surface area contributed by atoms with Gasteiger partial charge in [0.05, 0.1) is 11.5 Å². The predicted octanol–water partition coefficient (Wildman–Crippen LogP) is 2.66. The number of aryl methyl sites for hydroxylation is 1. The van der Waals surface area contributed by atoms with Crippen LogP contribution in [-0.2, 0) is 14.6 Å². The topological polar surface area (TPSA) is 131 Å². The van der Waals surface area contributed by atoms with Crippen LogP contribution in [0.15, 0.2) is 53.0 Å². The van der Waals surface area contributed by atoms with Crippen molar-refractivity contribution in [2.45, 2.75) is 19.4 Å². The number of pyridine rings is 1. The van der Waals surface area contributed by atoms with E-state index in [1.165, 1.54) is 10.6 Å². The Hall–Kier alpha value is -3.68. The van der Waals surface area contributed by atoms with Gasteiger partial charge in [-0.05, 0) is 55.3 Å². The predicted molar refractivity (Wildman–Crippen MR) is 127 cm³/mol. The molecule has 1 unspecified atom stereocenters. The summed E-state index contributed by atoms with van der Waals surface area (Å²) in [6.07, 6.45) is 2.89. The average molecular weight is 499 g/mol. The maximum atomic E-state index is 13.3. The van der Waals surface area contributed by atoms with Crippen molar-refractivity contribution in [2.75, 3.05) is 11.5 Å². The quantitative estimate of drug-likeness (QED) is 0.422. The third kappa shape index (κ3) is 4.95. The third-order valence-corrected chi connectivity index (χ3v) is 7.32. The minimum Gasteiger partial charge on any atom is -0.438 e. The Morgan fingerprint density at radius 2 is 2.06 bits per heavy atom. The smallest absolute Gasteiger partial charge is 0.269 e. The van der Waals surface area contributed by atoms with Crippen LogP contribution in [0, 0.1) is 18.3 Å². The molecule has 0 aliphatic carbocycles. The van der Waals surface area contributed by atoms with Crippen LogP contribution < -0.4 is 15.6 Å². The van der Waals surface area contributed by atoms with Gasteiger partial charge in [0, 0.05) is 17.3 Å². The lowest BCUT2D eigenvalue weighted by Gasteiger charge is -2.12. The zero-order chi connectivity index (χ0) is 24.5. The highest BCUT2D eigenvalue weighted by Crippen LogP contribution is 2.26. The molecule has 1 aliphatic heterocycles. The largest absolute Gasteiger partial charge is 0.438 e. The molecule has 1 aromatic carbocycles. The monoisotopic (exact) mass is 498 g/mol. The molecular weight excluding hydrogens is 480 g/mol. The molecule has 34 heavy (non-hydrogen) atoms. The lowest BCUT2D eigenvalue weighted by molar-refractivity contribution is -0.117. The summed E-state index contributed by atoms with van der Waals surface area (Å²) in [7, 11) is -3.22. The second kappa shape index (κ2) is 9.29. The number of fused-ring (bicyclic) bond motifs is 1. The first kappa shape index (κ1) is 23.5. The fourth-order valence-corrected chi connectivity index (χ4v) is 5.37. The van der Waals surface area contributed by atoms with E-state index in [-0.39, 0.29) is 34.9 Å². The second-order valence-electron chi connectivity index (χ2n) is 7.82. The van der Waals surface area contributed by atoms with E-state index in [4.69, 9.17) is 16.3 Å². The van der Waals surface area contributed by atoms with E-state index in [0.717, 1.165) is 11.6 Å². The van der Waals surface area contributed by atoms with Gasteiger partial charge in [-0.1, -0.05) is 17.7 Å². The van der Waals surface area contributed by atoms with E-state index in [2.05, 4.69) is 10.3 Å². The van der Waals surface area contributed by atoms with Gasteiger partial charge in [0.25, 0.3) is 11.5 Å². The molecule has 1 saturated heterocycles. The van der Waals surface area contributed by atoms with Crippen LogP contribution in [0.25, 0.3) is 11.7 Å². The lowest BCUT2D eigenvalue weighted by atomic mass is 10.1. The summed E-state index contributed by atoms with van der Waals surface area (Å²) in [6.45, 7) is 1.78. The Balaban J connectivity index is 1.78. The number of amides is 1. The van der Waals surface area contributed by atoms with Crippen molar-refractivity contribution in [1.29, 1.82) is 5.26 Å². The summed E-state index contributed by atoms with van der Waals surface area (Å²) < 4.78 is 30.5. The first-order valence-electron chi connectivity index (χ1n) is 10.3. The molecule has 0 radical (unpaired) electrons. The molecule has 4 rings (SSSR count). The van der Waals surface area contributed by atoms with Gasteiger partial charge in [-0.2, -0.15) is 10.2 Å². The Bertz CT molecular complexity index is 1520. The maximum absolute atomic E-state index is 13.3. The molecule has 2 aromatic heterocycles. The number of rotatable bonds is 5. The van der Waals surface area contributed by atoms with Gasteiger partial charge >= 0.3 is 0 Å². The molecule has 1 fully saturated rings. The highest BCUT2D eigenvalue weighted by Gasteiger charge is 2.30. The summed E-state index contributed by atoms with van der Waals surface area (Å²) in [5.41, 5.74) is 0.0479. The molecule has 1 aliphatic rings. The molecular formula is C23H19ClN4O5S. The molecule has 1 N–H and O–H groups in total. The van der Waals surface area contributed by atoms with Gasteiger partial charge in [-0.15, -0.1) is 0 Å². The Labute approximate surface area is 200 Å². The number of ether oxygens (including phenoxy) is 1. The standard InChI is InChI=1S/C23H19ClN4O5S/c1-14-3-2-9-28-20(14)27-22(33-18-6-4-16(24)5-7-18)19(23(28)30)11-15(12-25)21(29)26-17-8-10-34(31,32)13-17/h2-7,9,11,17H,8,10,13H2,1H3,(H,26,29). The number of sulfone groups is 1. The molecule has 0 spiro atoms. The fourth-order valence-electron chi connectivity index (χ4n) is 3.57. The molecule has 3 heterocycles. The minimum absolute atomic E-state index is 0.0298. The van der Waals surface area contributed by atoms with E-state index in [1.54, 1.807) is 49.4 Å². The van der Waals surface area contributed by atoms with Gasteiger partial charge in [-0.25, -0.2) is 8.42 Å². The van der Waals surface area contributed by atoms with Crippen LogP contribution in [0.2, 0.25) is 5.02 Å². The van der Waals surface area contributed by atoms with E-state index < -0.39 is 27.3 Å². The van der Waals surface area contributed by atoms with Gasteiger partial charge in [0.1, 0.15) is 28.6 Å². The average Bonchev–Trinajstić information content (AvgIpc) is 3.14. The highest BCUT2D eigenvalue weighted by atomic mass is 35.5. The summed E-state index contributed by atoms with van der Waals surface area (Å²) >= 11 is 5.93. The number of hydrogen-bond acceptors (Lipinski definition) is 7. The minimum atomic E-state index is -3.22. The molecule has 174 valence electrons. The molecule has 1 amide bonds.